The third-order valence-electron chi connectivity index (χ3n) is 10.2. The molecule has 9 aromatic rings. The van der Waals surface area contributed by atoms with E-state index in [1.807, 2.05) is 22.7 Å². The van der Waals surface area contributed by atoms with Gasteiger partial charge in [-0.15, -0.1) is 22.7 Å². The smallest absolute Gasteiger partial charge is 0.0462 e. The van der Waals surface area contributed by atoms with Crippen molar-refractivity contribution < 1.29 is 0 Å². The molecule has 0 spiro atoms. The first-order valence-electron chi connectivity index (χ1n) is 17.5. The second-order valence-corrected chi connectivity index (χ2v) is 15.3. The van der Waals surface area contributed by atoms with E-state index in [0.717, 1.165) is 23.5 Å². The van der Waals surface area contributed by atoms with E-state index in [2.05, 4.69) is 187 Å². The van der Waals surface area contributed by atoms with Gasteiger partial charge >= 0.3 is 0 Å². The van der Waals surface area contributed by atoms with Crippen LogP contribution in [0, 0.1) is 0 Å². The average Bonchev–Trinajstić information content (AvgIpc) is 3.78. The van der Waals surface area contributed by atoms with E-state index in [1.165, 1.54) is 68.2 Å². The molecule has 3 heteroatoms. The first-order chi connectivity index (χ1) is 25.3. The Morgan fingerprint density at radius 1 is 0.431 bits per heavy atom. The number of anilines is 3. The summed E-state index contributed by atoms with van der Waals surface area (Å²) in [6, 6.07) is 58.2. The SMILES string of the molecule is C1=CCC(c2ccc(N(c3ccc(-c4cccc5c4sc4ccccc45)cc3)c3ccc(-c4cccc5c4sc4ccccc45)cc3)cc2)C=C1. The summed E-state index contributed by atoms with van der Waals surface area (Å²) in [7, 11) is 0. The van der Waals surface area contributed by atoms with Crippen LogP contribution in [-0.2, 0) is 0 Å². The minimum absolute atomic E-state index is 0.421. The maximum absolute atomic E-state index is 2.38. The van der Waals surface area contributed by atoms with Crippen LogP contribution in [0.4, 0.5) is 17.1 Å². The molecular formula is C48H33NS2. The lowest BCUT2D eigenvalue weighted by Crippen LogP contribution is -2.10. The largest absolute Gasteiger partial charge is 0.311 e. The highest BCUT2D eigenvalue weighted by atomic mass is 32.1. The lowest BCUT2D eigenvalue weighted by Gasteiger charge is -2.26. The molecule has 0 saturated carbocycles. The van der Waals surface area contributed by atoms with Crippen LogP contribution < -0.4 is 4.90 Å². The summed E-state index contributed by atoms with van der Waals surface area (Å²) in [5.74, 6) is 0.421. The van der Waals surface area contributed by atoms with Gasteiger partial charge in [0, 0.05) is 63.3 Å². The van der Waals surface area contributed by atoms with Crippen molar-refractivity contribution in [2.75, 3.05) is 4.90 Å². The van der Waals surface area contributed by atoms with Gasteiger partial charge in [0.05, 0.1) is 0 Å². The Morgan fingerprint density at radius 3 is 1.39 bits per heavy atom. The van der Waals surface area contributed by atoms with Crippen LogP contribution in [0.3, 0.4) is 0 Å². The summed E-state index contributed by atoms with van der Waals surface area (Å²) >= 11 is 3.77. The fourth-order valence-corrected chi connectivity index (χ4v) is 10.2. The molecule has 51 heavy (non-hydrogen) atoms. The molecule has 1 atom stereocenters. The van der Waals surface area contributed by atoms with Gasteiger partial charge < -0.3 is 4.90 Å². The van der Waals surface area contributed by atoms with E-state index in [-0.39, 0.29) is 0 Å². The van der Waals surface area contributed by atoms with Crippen molar-refractivity contribution in [3.05, 3.63) is 188 Å². The number of benzene rings is 7. The zero-order chi connectivity index (χ0) is 33.7. The highest BCUT2D eigenvalue weighted by Crippen LogP contribution is 2.43. The van der Waals surface area contributed by atoms with Crippen LogP contribution in [0.2, 0.25) is 0 Å². The molecule has 1 nitrogen and oxygen atoms in total. The Labute approximate surface area is 305 Å². The van der Waals surface area contributed by atoms with E-state index in [1.54, 1.807) is 0 Å². The number of fused-ring (bicyclic) bond motifs is 6. The molecule has 0 N–H and O–H groups in total. The van der Waals surface area contributed by atoms with Gasteiger partial charge in [-0.25, -0.2) is 0 Å². The quantitative estimate of drug-likeness (QED) is 0.168. The maximum atomic E-state index is 2.38. The topological polar surface area (TPSA) is 3.24 Å². The standard InChI is InChI=1S/C48H33NS2/c1-2-10-32(11-3-1)33-20-26-36(27-21-33)49(37-28-22-34(23-29-37)39-14-8-16-43-41-12-4-6-18-45(41)50-47(39)43)38-30-24-35(25-31-38)40-15-9-17-44-42-13-5-7-19-46(42)51-48(40)44/h1-10,12-32H,11H2. The van der Waals surface area contributed by atoms with Gasteiger partial charge in [0.1, 0.15) is 0 Å². The van der Waals surface area contributed by atoms with Gasteiger partial charge in [0.25, 0.3) is 0 Å². The molecular weight excluding hydrogens is 655 g/mol. The second kappa shape index (κ2) is 12.5. The number of allylic oxidation sites excluding steroid dienone is 4. The molecule has 2 aromatic heterocycles. The Bertz CT molecular complexity index is 2600. The molecule has 0 amide bonds. The summed E-state index contributed by atoms with van der Waals surface area (Å²) in [5, 5.41) is 5.32. The molecule has 0 bridgehead atoms. The van der Waals surface area contributed by atoms with Crippen molar-refractivity contribution >= 4 is 80.1 Å². The molecule has 1 aliphatic rings. The lowest BCUT2D eigenvalue weighted by molar-refractivity contribution is 0.854. The predicted octanol–water partition coefficient (Wildman–Crippen LogP) is 14.8. The van der Waals surface area contributed by atoms with Gasteiger partial charge in [0.15, 0.2) is 0 Å². The highest BCUT2D eigenvalue weighted by molar-refractivity contribution is 7.26. The van der Waals surface area contributed by atoms with E-state index >= 15 is 0 Å². The summed E-state index contributed by atoms with van der Waals surface area (Å²) in [5.41, 5.74) is 9.79. The van der Waals surface area contributed by atoms with Crippen molar-refractivity contribution in [2.24, 2.45) is 0 Å². The van der Waals surface area contributed by atoms with Crippen molar-refractivity contribution in [1.82, 2.24) is 0 Å². The van der Waals surface area contributed by atoms with Crippen LogP contribution >= 0.6 is 22.7 Å². The fourth-order valence-electron chi connectivity index (χ4n) is 7.67. The van der Waals surface area contributed by atoms with Gasteiger partial charge in [-0.05, 0) is 82.8 Å². The number of thiophene rings is 2. The number of hydrogen-bond donors (Lipinski definition) is 0. The van der Waals surface area contributed by atoms with Gasteiger partial charge in [-0.3, -0.25) is 0 Å². The number of rotatable bonds is 6. The summed E-state index contributed by atoms with van der Waals surface area (Å²) < 4.78 is 5.35. The molecule has 7 aromatic carbocycles. The molecule has 0 radical (unpaired) electrons. The minimum atomic E-state index is 0.421. The third kappa shape index (κ3) is 5.29. The van der Waals surface area contributed by atoms with Crippen molar-refractivity contribution in [3.8, 4) is 22.3 Å². The first kappa shape index (κ1) is 30.1. The minimum Gasteiger partial charge on any atom is -0.311 e. The molecule has 2 heterocycles. The van der Waals surface area contributed by atoms with E-state index in [0.29, 0.717) is 5.92 Å². The zero-order valence-corrected chi connectivity index (χ0v) is 29.5. The molecule has 242 valence electrons. The van der Waals surface area contributed by atoms with Crippen molar-refractivity contribution in [1.29, 1.82) is 0 Å². The summed E-state index contributed by atoms with van der Waals surface area (Å²) in [6.07, 6.45) is 9.91. The van der Waals surface area contributed by atoms with Gasteiger partial charge in [-0.2, -0.15) is 0 Å². The second-order valence-electron chi connectivity index (χ2n) is 13.2. The van der Waals surface area contributed by atoms with E-state index < -0.39 is 0 Å². The monoisotopic (exact) mass is 687 g/mol. The van der Waals surface area contributed by atoms with Crippen LogP contribution in [0.5, 0.6) is 0 Å². The molecule has 10 rings (SSSR count). The number of hydrogen-bond acceptors (Lipinski definition) is 3. The van der Waals surface area contributed by atoms with Crippen LogP contribution in [0.25, 0.3) is 62.6 Å². The first-order valence-corrected chi connectivity index (χ1v) is 19.2. The third-order valence-corrected chi connectivity index (χ3v) is 12.7. The lowest BCUT2D eigenvalue weighted by atomic mass is 9.92. The Kier molecular flexibility index (Phi) is 7.41. The molecule has 0 aliphatic heterocycles. The van der Waals surface area contributed by atoms with Gasteiger partial charge in [-0.1, -0.05) is 133 Å². The van der Waals surface area contributed by atoms with E-state index in [9.17, 15) is 0 Å². The highest BCUT2D eigenvalue weighted by Gasteiger charge is 2.17. The molecule has 0 fully saturated rings. The zero-order valence-electron chi connectivity index (χ0n) is 27.9. The van der Waals surface area contributed by atoms with Crippen LogP contribution in [-0.4, -0.2) is 0 Å². The van der Waals surface area contributed by atoms with E-state index in [4.69, 9.17) is 0 Å². The summed E-state index contributed by atoms with van der Waals surface area (Å²) in [4.78, 5) is 2.38. The number of nitrogens with zero attached hydrogens (tertiary/aromatic N) is 1. The Morgan fingerprint density at radius 2 is 0.902 bits per heavy atom. The van der Waals surface area contributed by atoms with Crippen molar-refractivity contribution in [2.45, 2.75) is 12.3 Å². The molecule has 1 unspecified atom stereocenters. The predicted molar refractivity (Wildman–Crippen MR) is 223 cm³/mol. The van der Waals surface area contributed by atoms with Crippen molar-refractivity contribution in [3.63, 3.8) is 0 Å². The fraction of sp³-hybridized carbons (Fsp3) is 0.0417. The average molecular weight is 688 g/mol. The van der Waals surface area contributed by atoms with Gasteiger partial charge in [0.2, 0.25) is 0 Å². The Balaban J connectivity index is 1.05. The Hall–Kier alpha value is -5.74. The molecule has 1 aliphatic carbocycles. The normalized spacial score (nSPS) is 14.2. The van der Waals surface area contributed by atoms with Crippen LogP contribution in [0.15, 0.2) is 182 Å². The van der Waals surface area contributed by atoms with Crippen LogP contribution in [0.1, 0.15) is 17.9 Å². The maximum Gasteiger partial charge on any atom is 0.0462 e. The summed E-state index contributed by atoms with van der Waals surface area (Å²) in [6.45, 7) is 0. The molecule has 0 saturated heterocycles.